The van der Waals surface area contributed by atoms with Gasteiger partial charge in [-0.05, 0) is 38.5 Å². The number of halogens is 1. The Kier molecular flexibility index (Phi) is 6.24. The quantitative estimate of drug-likeness (QED) is 0.555. The van der Waals surface area contributed by atoms with Gasteiger partial charge in [-0.1, -0.05) is 29.8 Å². The van der Waals surface area contributed by atoms with Gasteiger partial charge in [0.2, 0.25) is 0 Å². The van der Waals surface area contributed by atoms with Gasteiger partial charge in [0.15, 0.2) is 0 Å². The molecule has 2 aromatic heterocycles. The highest BCUT2D eigenvalue weighted by atomic mass is 35.5. The van der Waals surface area contributed by atoms with Crippen LogP contribution in [0.4, 0.5) is 15.5 Å². The predicted octanol–water partition coefficient (Wildman–Crippen LogP) is 5.00. The number of benzene rings is 1. The standard InChI is InChI=1S/C20H21ClN4O3S/c1-11-9-15(19(26)28-4)18(29-11)23-20(27)22-17-12(2)24-25(13(17)3)10-14-7-5-6-8-16(14)21/h5-9H,10H2,1-4H3,(H2,22,23,27). The minimum Gasteiger partial charge on any atom is -0.465 e. The first-order valence-corrected chi connectivity index (χ1v) is 10.0. The molecule has 0 atom stereocenters. The molecule has 0 bridgehead atoms. The molecule has 2 amide bonds. The Hall–Kier alpha value is -2.84. The minimum absolute atomic E-state index is 0.327. The number of aryl methyl sites for hydroxylation is 2. The molecule has 29 heavy (non-hydrogen) atoms. The number of esters is 1. The second kappa shape index (κ2) is 8.67. The summed E-state index contributed by atoms with van der Waals surface area (Å²) in [4.78, 5) is 25.3. The summed E-state index contributed by atoms with van der Waals surface area (Å²) in [5.41, 5.74) is 3.36. The number of carbonyl (C=O) groups is 2. The average Bonchev–Trinajstić information content (AvgIpc) is 3.17. The largest absolute Gasteiger partial charge is 0.465 e. The van der Waals surface area contributed by atoms with E-state index in [0.717, 1.165) is 16.1 Å². The third-order valence-electron chi connectivity index (χ3n) is 4.39. The molecule has 0 unspecified atom stereocenters. The Bertz CT molecular complexity index is 1070. The second-order valence-electron chi connectivity index (χ2n) is 6.47. The van der Waals surface area contributed by atoms with Crippen molar-refractivity contribution >= 4 is 45.6 Å². The number of thiophene rings is 1. The molecule has 0 aliphatic carbocycles. The molecule has 0 radical (unpaired) electrons. The first-order chi connectivity index (χ1) is 13.8. The van der Waals surface area contributed by atoms with Crippen LogP contribution in [-0.2, 0) is 11.3 Å². The number of ether oxygens (including phenoxy) is 1. The van der Waals surface area contributed by atoms with E-state index in [-0.39, 0.29) is 0 Å². The van der Waals surface area contributed by atoms with Crippen LogP contribution >= 0.6 is 22.9 Å². The second-order valence-corrected chi connectivity index (χ2v) is 8.13. The Morgan fingerprint density at radius 3 is 2.62 bits per heavy atom. The average molecular weight is 433 g/mol. The Labute approximate surface area is 177 Å². The summed E-state index contributed by atoms with van der Waals surface area (Å²) in [6.07, 6.45) is 0. The van der Waals surface area contributed by atoms with Gasteiger partial charge >= 0.3 is 12.0 Å². The van der Waals surface area contributed by atoms with Crippen molar-refractivity contribution in [2.45, 2.75) is 27.3 Å². The van der Waals surface area contributed by atoms with Crippen LogP contribution in [-0.4, -0.2) is 28.9 Å². The maximum absolute atomic E-state index is 12.6. The van der Waals surface area contributed by atoms with Crippen LogP contribution in [0.15, 0.2) is 30.3 Å². The van der Waals surface area contributed by atoms with Gasteiger partial charge in [0.05, 0.1) is 36.3 Å². The van der Waals surface area contributed by atoms with Crippen LogP contribution in [0.1, 0.15) is 32.2 Å². The summed E-state index contributed by atoms with van der Waals surface area (Å²) in [6.45, 7) is 6.04. The summed E-state index contributed by atoms with van der Waals surface area (Å²) in [5, 5.41) is 11.2. The summed E-state index contributed by atoms with van der Waals surface area (Å²) < 4.78 is 6.56. The number of urea groups is 1. The number of carbonyl (C=O) groups excluding carboxylic acids is 2. The van der Waals surface area contributed by atoms with Crippen molar-refractivity contribution in [2.24, 2.45) is 0 Å². The molecule has 7 nitrogen and oxygen atoms in total. The molecule has 0 aliphatic heterocycles. The fourth-order valence-electron chi connectivity index (χ4n) is 2.94. The molecule has 1 aromatic carbocycles. The first kappa shape index (κ1) is 20.9. The zero-order valence-corrected chi connectivity index (χ0v) is 18.1. The molecule has 152 valence electrons. The number of anilines is 2. The lowest BCUT2D eigenvalue weighted by Gasteiger charge is -2.09. The van der Waals surface area contributed by atoms with E-state index in [1.807, 2.05) is 45.0 Å². The van der Waals surface area contributed by atoms with Gasteiger partial charge < -0.3 is 10.1 Å². The minimum atomic E-state index is -0.496. The van der Waals surface area contributed by atoms with Gasteiger partial charge in [-0.25, -0.2) is 9.59 Å². The molecule has 0 aliphatic rings. The van der Waals surface area contributed by atoms with E-state index >= 15 is 0 Å². The smallest absolute Gasteiger partial charge is 0.340 e. The predicted molar refractivity (Wildman–Crippen MR) is 115 cm³/mol. The van der Waals surface area contributed by atoms with Crippen molar-refractivity contribution in [1.29, 1.82) is 0 Å². The number of rotatable bonds is 5. The van der Waals surface area contributed by atoms with E-state index in [4.69, 9.17) is 16.3 Å². The summed E-state index contributed by atoms with van der Waals surface area (Å²) in [7, 11) is 1.30. The molecular formula is C20H21ClN4O3S. The fourth-order valence-corrected chi connectivity index (χ4v) is 4.03. The number of aromatic nitrogens is 2. The van der Waals surface area contributed by atoms with E-state index < -0.39 is 12.0 Å². The molecule has 2 heterocycles. The van der Waals surface area contributed by atoms with Gasteiger partial charge in [-0.2, -0.15) is 5.10 Å². The van der Waals surface area contributed by atoms with Crippen molar-refractivity contribution in [3.8, 4) is 0 Å². The maximum atomic E-state index is 12.6. The first-order valence-electron chi connectivity index (χ1n) is 8.84. The Balaban J connectivity index is 1.77. The molecule has 0 saturated carbocycles. The van der Waals surface area contributed by atoms with Crippen LogP contribution in [0, 0.1) is 20.8 Å². The van der Waals surface area contributed by atoms with E-state index in [9.17, 15) is 9.59 Å². The number of hydrogen-bond acceptors (Lipinski definition) is 5. The van der Waals surface area contributed by atoms with Crippen LogP contribution in [0.3, 0.4) is 0 Å². The van der Waals surface area contributed by atoms with Crippen LogP contribution < -0.4 is 10.6 Å². The number of amides is 2. The van der Waals surface area contributed by atoms with E-state index in [2.05, 4.69) is 15.7 Å². The number of hydrogen-bond donors (Lipinski definition) is 2. The van der Waals surface area contributed by atoms with Crippen molar-refractivity contribution in [1.82, 2.24) is 9.78 Å². The SMILES string of the molecule is COC(=O)c1cc(C)sc1NC(=O)Nc1c(C)nn(Cc2ccccc2Cl)c1C. The monoisotopic (exact) mass is 432 g/mol. The number of nitrogens with zero attached hydrogens (tertiary/aromatic N) is 2. The number of nitrogens with one attached hydrogen (secondary N) is 2. The molecule has 3 aromatic rings. The number of methoxy groups -OCH3 is 1. The molecule has 9 heteroatoms. The van der Waals surface area contributed by atoms with Gasteiger partial charge in [-0.3, -0.25) is 10.00 Å². The maximum Gasteiger partial charge on any atom is 0.340 e. The third kappa shape index (κ3) is 4.60. The summed E-state index contributed by atoms with van der Waals surface area (Å²) >= 11 is 7.55. The van der Waals surface area contributed by atoms with Crippen molar-refractivity contribution in [3.05, 3.63) is 62.7 Å². The lowest BCUT2D eigenvalue weighted by atomic mass is 10.2. The molecular weight excluding hydrogens is 412 g/mol. The van der Waals surface area contributed by atoms with E-state index in [0.29, 0.717) is 33.5 Å². The highest BCUT2D eigenvalue weighted by Crippen LogP contribution is 2.29. The van der Waals surface area contributed by atoms with E-state index in [1.165, 1.54) is 18.4 Å². The highest BCUT2D eigenvalue weighted by molar-refractivity contribution is 7.16. The van der Waals surface area contributed by atoms with Crippen molar-refractivity contribution in [3.63, 3.8) is 0 Å². The van der Waals surface area contributed by atoms with Crippen LogP contribution in [0.25, 0.3) is 0 Å². The molecule has 3 rings (SSSR count). The Morgan fingerprint density at radius 1 is 1.21 bits per heavy atom. The van der Waals surface area contributed by atoms with Crippen molar-refractivity contribution in [2.75, 3.05) is 17.7 Å². The third-order valence-corrected chi connectivity index (χ3v) is 5.72. The zero-order chi connectivity index (χ0) is 21.1. The van der Waals surface area contributed by atoms with Crippen molar-refractivity contribution < 1.29 is 14.3 Å². The van der Waals surface area contributed by atoms with Gasteiger partial charge in [-0.15, -0.1) is 11.3 Å². The van der Waals surface area contributed by atoms with Gasteiger partial charge in [0, 0.05) is 9.90 Å². The van der Waals surface area contributed by atoms with Gasteiger partial charge in [0.25, 0.3) is 0 Å². The van der Waals surface area contributed by atoms with Crippen LogP contribution in [0.2, 0.25) is 5.02 Å². The highest BCUT2D eigenvalue weighted by Gasteiger charge is 2.19. The summed E-state index contributed by atoms with van der Waals surface area (Å²) in [6, 6.07) is 8.79. The molecule has 0 saturated heterocycles. The molecule has 2 N–H and O–H groups in total. The zero-order valence-electron chi connectivity index (χ0n) is 16.5. The molecule has 0 fully saturated rings. The normalized spacial score (nSPS) is 10.7. The Morgan fingerprint density at radius 2 is 1.93 bits per heavy atom. The fraction of sp³-hybridized carbons (Fsp3) is 0.250. The lowest BCUT2D eigenvalue weighted by Crippen LogP contribution is -2.21. The topological polar surface area (TPSA) is 85.2 Å². The van der Waals surface area contributed by atoms with E-state index in [1.54, 1.807) is 10.7 Å². The molecule has 0 spiro atoms. The summed E-state index contributed by atoms with van der Waals surface area (Å²) in [5.74, 6) is -0.496. The lowest BCUT2D eigenvalue weighted by molar-refractivity contribution is 0.0602. The van der Waals surface area contributed by atoms with Gasteiger partial charge in [0.1, 0.15) is 5.00 Å². The van der Waals surface area contributed by atoms with Crippen LogP contribution in [0.5, 0.6) is 0 Å².